The summed E-state index contributed by atoms with van der Waals surface area (Å²) < 4.78 is 1.94. The van der Waals surface area contributed by atoms with Crippen LogP contribution in [-0.2, 0) is 0 Å². The predicted molar refractivity (Wildman–Crippen MR) is 113 cm³/mol. The molecule has 10 nitrogen and oxygen atoms in total. The number of anilines is 3. The van der Waals surface area contributed by atoms with E-state index >= 15 is 0 Å². The van der Waals surface area contributed by atoms with Crippen LogP contribution in [0.4, 0.5) is 17.3 Å². The zero-order valence-electron chi connectivity index (χ0n) is 16.5. The summed E-state index contributed by atoms with van der Waals surface area (Å²) in [5.74, 6) is 0.284. The van der Waals surface area contributed by atoms with Crippen molar-refractivity contribution in [3.8, 4) is 0 Å². The molecule has 5 rings (SSSR count). The monoisotopic (exact) mass is 405 g/mol. The molecule has 1 amide bonds. The van der Waals surface area contributed by atoms with E-state index in [0.29, 0.717) is 23.4 Å². The first kappa shape index (κ1) is 18.5. The van der Waals surface area contributed by atoms with Crippen molar-refractivity contribution >= 4 is 23.2 Å². The van der Waals surface area contributed by atoms with Crippen molar-refractivity contribution in [1.82, 2.24) is 30.0 Å². The summed E-state index contributed by atoms with van der Waals surface area (Å²) in [7, 11) is 0. The molecule has 0 radical (unpaired) electrons. The number of rotatable bonds is 5. The molecule has 0 saturated carbocycles. The molecule has 30 heavy (non-hydrogen) atoms. The summed E-state index contributed by atoms with van der Waals surface area (Å²) >= 11 is 0. The maximum absolute atomic E-state index is 12.9. The molecule has 2 fully saturated rings. The largest absolute Gasteiger partial charge is 0.367 e. The lowest BCUT2D eigenvalue weighted by atomic mass is 10.1. The van der Waals surface area contributed by atoms with Crippen molar-refractivity contribution in [3.05, 3.63) is 54.9 Å². The van der Waals surface area contributed by atoms with E-state index in [-0.39, 0.29) is 5.91 Å². The third-order valence-corrected chi connectivity index (χ3v) is 5.42. The number of pyridine rings is 1. The Morgan fingerprint density at radius 2 is 1.97 bits per heavy atom. The number of piperazine rings is 1. The standard InChI is InChI=1S/C20H23N9O/c30-19(25-17-12-22-5-3-18(17)27-10-7-21-8-11-27)16-2-6-23-20(26-16)28-13-15(14-28)29-9-1-4-24-29/h1-6,9,12,15,21H,7-8,10-11,13-14H2,(H,25,30). The number of carbonyl (C=O) groups excluding carboxylic acids is 1. The van der Waals surface area contributed by atoms with Crippen molar-refractivity contribution in [2.75, 3.05) is 54.4 Å². The van der Waals surface area contributed by atoms with Crippen molar-refractivity contribution in [2.24, 2.45) is 0 Å². The quantitative estimate of drug-likeness (QED) is 0.642. The Bertz CT molecular complexity index is 1010. The van der Waals surface area contributed by atoms with Crippen LogP contribution in [0.1, 0.15) is 16.5 Å². The van der Waals surface area contributed by atoms with Crippen LogP contribution in [0.2, 0.25) is 0 Å². The molecule has 2 aliphatic heterocycles. The van der Waals surface area contributed by atoms with Crippen molar-refractivity contribution in [1.29, 1.82) is 0 Å². The second kappa shape index (κ2) is 8.07. The van der Waals surface area contributed by atoms with Crippen LogP contribution >= 0.6 is 0 Å². The van der Waals surface area contributed by atoms with Crippen LogP contribution in [0.25, 0.3) is 0 Å². The van der Waals surface area contributed by atoms with E-state index in [4.69, 9.17) is 0 Å². The van der Waals surface area contributed by atoms with E-state index in [0.717, 1.165) is 45.0 Å². The third-order valence-electron chi connectivity index (χ3n) is 5.42. The minimum atomic E-state index is -0.271. The van der Waals surface area contributed by atoms with Gasteiger partial charge in [0.25, 0.3) is 5.91 Å². The number of hydrogen-bond donors (Lipinski definition) is 2. The van der Waals surface area contributed by atoms with Gasteiger partial charge in [-0.15, -0.1) is 0 Å². The topological polar surface area (TPSA) is 104 Å². The van der Waals surface area contributed by atoms with E-state index in [1.165, 1.54) is 0 Å². The van der Waals surface area contributed by atoms with Crippen LogP contribution in [0.5, 0.6) is 0 Å². The van der Waals surface area contributed by atoms with E-state index in [1.54, 1.807) is 30.9 Å². The highest BCUT2D eigenvalue weighted by molar-refractivity contribution is 6.04. The fourth-order valence-electron chi connectivity index (χ4n) is 3.76. The fourth-order valence-corrected chi connectivity index (χ4v) is 3.76. The summed E-state index contributed by atoms with van der Waals surface area (Å²) in [5.41, 5.74) is 1.99. The Balaban J connectivity index is 1.28. The molecule has 5 heterocycles. The Hall–Kier alpha value is -3.53. The van der Waals surface area contributed by atoms with Gasteiger partial charge in [-0.2, -0.15) is 5.10 Å². The lowest BCUT2D eigenvalue weighted by Gasteiger charge is -2.39. The molecule has 3 aromatic heterocycles. The van der Waals surface area contributed by atoms with Gasteiger partial charge < -0.3 is 20.4 Å². The minimum Gasteiger partial charge on any atom is -0.367 e. The molecule has 10 heteroatoms. The van der Waals surface area contributed by atoms with Crippen LogP contribution in [0.15, 0.2) is 49.2 Å². The highest BCUT2D eigenvalue weighted by Gasteiger charge is 2.30. The normalized spacial score (nSPS) is 16.9. The molecule has 3 aromatic rings. The first-order chi connectivity index (χ1) is 14.8. The first-order valence-electron chi connectivity index (χ1n) is 10.1. The van der Waals surface area contributed by atoms with Crippen LogP contribution in [0.3, 0.4) is 0 Å². The van der Waals surface area contributed by atoms with Gasteiger partial charge in [0, 0.05) is 64.1 Å². The lowest BCUT2D eigenvalue weighted by Crippen LogP contribution is -2.48. The maximum atomic E-state index is 12.9. The summed E-state index contributed by atoms with van der Waals surface area (Å²) in [5, 5.41) is 10.6. The van der Waals surface area contributed by atoms with Crippen molar-refractivity contribution < 1.29 is 4.79 Å². The average molecular weight is 405 g/mol. The fraction of sp³-hybridized carbons (Fsp3) is 0.350. The van der Waals surface area contributed by atoms with Gasteiger partial charge in [0.05, 0.1) is 23.6 Å². The van der Waals surface area contributed by atoms with Crippen LogP contribution < -0.4 is 20.4 Å². The Labute approximate surface area is 174 Å². The molecule has 0 unspecified atom stereocenters. The van der Waals surface area contributed by atoms with Crippen molar-refractivity contribution in [2.45, 2.75) is 6.04 Å². The molecule has 2 saturated heterocycles. The van der Waals surface area contributed by atoms with Gasteiger partial charge in [0.2, 0.25) is 5.95 Å². The summed E-state index contributed by atoms with van der Waals surface area (Å²) in [6, 6.07) is 5.78. The van der Waals surface area contributed by atoms with E-state index in [2.05, 4.69) is 35.6 Å². The van der Waals surface area contributed by atoms with Gasteiger partial charge in [0.15, 0.2) is 0 Å². The Morgan fingerprint density at radius 1 is 1.10 bits per heavy atom. The van der Waals surface area contributed by atoms with E-state index in [1.807, 2.05) is 27.9 Å². The Morgan fingerprint density at radius 3 is 2.77 bits per heavy atom. The van der Waals surface area contributed by atoms with Gasteiger partial charge in [0.1, 0.15) is 5.69 Å². The number of amides is 1. The number of nitrogens with zero attached hydrogens (tertiary/aromatic N) is 7. The number of carbonyl (C=O) groups is 1. The van der Waals surface area contributed by atoms with Gasteiger partial charge >= 0.3 is 0 Å². The van der Waals surface area contributed by atoms with E-state index in [9.17, 15) is 4.79 Å². The van der Waals surface area contributed by atoms with Crippen LogP contribution in [0, 0.1) is 0 Å². The molecule has 0 aliphatic carbocycles. The molecule has 0 aromatic carbocycles. The highest BCUT2D eigenvalue weighted by atomic mass is 16.1. The lowest BCUT2D eigenvalue weighted by molar-refractivity contribution is 0.102. The number of nitrogens with one attached hydrogen (secondary N) is 2. The SMILES string of the molecule is O=C(Nc1cnccc1N1CCNCC1)c1ccnc(N2CC(n3cccn3)C2)n1. The minimum absolute atomic E-state index is 0.271. The second-order valence-electron chi connectivity index (χ2n) is 7.37. The van der Waals surface area contributed by atoms with Crippen LogP contribution in [-0.4, -0.2) is 69.9 Å². The second-order valence-corrected chi connectivity index (χ2v) is 7.37. The molecular weight excluding hydrogens is 382 g/mol. The van der Waals surface area contributed by atoms with E-state index < -0.39 is 0 Å². The van der Waals surface area contributed by atoms with Gasteiger partial charge in [-0.25, -0.2) is 9.97 Å². The Kier molecular flexibility index (Phi) is 4.98. The summed E-state index contributed by atoms with van der Waals surface area (Å²) in [6.07, 6.45) is 8.78. The van der Waals surface area contributed by atoms with Gasteiger partial charge in [-0.05, 0) is 18.2 Å². The number of aromatic nitrogens is 5. The predicted octanol–water partition coefficient (Wildman–Crippen LogP) is 0.791. The van der Waals surface area contributed by atoms with Crippen molar-refractivity contribution in [3.63, 3.8) is 0 Å². The maximum Gasteiger partial charge on any atom is 0.274 e. The first-order valence-corrected chi connectivity index (χ1v) is 10.1. The molecular formula is C20H23N9O. The third kappa shape index (κ3) is 3.69. The smallest absolute Gasteiger partial charge is 0.274 e. The molecule has 2 aliphatic rings. The molecule has 0 spiro atoms. The zero-order valence-corrected chi connectivity index (χ0v) is 16.5. The number of hydrogen-bond acceptors (Lipinski definition) is 8. The molecule has 154 valence electrons. The van der Waals surface area contributed by atoms with Gasteiger partial charge in [-0.3, -0.25) is 14.5 Å². The van der Waals surface area contributed by atoms with Gasteiger partial charge in [-0.1, -0.05) is 0 Å². The molecule has 2 N–H and O–H groups in total. The average Bonchev–Trinajstić information content (AvgIpc) is 3.28. The molecule has 0 atom stereocenters. The zero-order chi connectivity index (χ0) is 20.3. The molecule has 0 bridgehead atoms. The highest BCUT2D eigenvalue weighted by Crippen LogP contribution is 2.26. The summed E-state index contributed by atoms with van der Waals surface area (Å²) in [6.45, 7) is 5.14. The summed E-state index contributed by atoms with van der Waals surface area (Å²) in [4.78, 5) is 30.2.